The Bertz CT molecular complexity index is 439. The van der Waals surface area contributed by atoms with Crippen LogP contribution in [-0.4, -0.2) is 32.6 Å². The van der Waals surface area contributed by atoms with Gasteiger partial charge in [0.25, 0.3) is 0 Å². The highest BCUT2D eigenvalue weighted by Crippen LogP contribution is 2.16. The van der Waals surface area contributed by atoms with E-state index < -0.39 is 0 Å². The zero-order valence-corrected chi connectivity index (χ0v) is 8.51. The number of hydrogen-bond acceptors (Lipinski definition) is 7. The maximum atomic E-state index is 5.37. The van der Waals surface area contributed by atoms with Gasteiger partial charge < -0.3 is 11.1 Å². The molecule has 0 bridgehead atoms. The van der Waals surface area contributed by atoms with E-state index in [0.717, 1.165) is 16.0 Å². The number of aromatic nitrogens is 4. The normalized spacial score (nSPS) is 10.7. The first-order chi connectivity index (χ1) is 6.81. The molecule has 0 aliphatic rings. The molecule has 0 spiro atoms. The third kappa shape index (κ3) is 1.64. The standard InChI is InChI=1S/C7H10N6S/c1-4-5-6(14-13-12-5)11-7(10-4)9-3-2-8/h2-3,8H2,1H3,(H,9,10,11). The van der Waals surface area contributed by atoms with E-state index in [1.807, 2.05) is 6.92 Å². The van der Waals surface area contributed by atoms with Crippen molar-refractivity contribution in [3.8, 4) is 0 Å². The Hall–Kier alpha value is -1.34. The van der Waals surface area contributed by atoms with Crippen molar-refractivity contribution >= 4 is 27.8 Å². The predicted octanol–water partition coefficient (Wildman–Crippen LogP) is 0.160. The maximum Gasteiger partial charge on any atom is 0.224 e. The van der Waals surface area contributed by atoms with Crippen LogP contribution in [0.25, 0.3) is 10.3 Å². The summed E-state index contributed by atoms with van der Waals surface area (Å²) >= 11 is 1.27. The molecule has 7 heteroatoms. The molecule has 0 aromatic carbocycles. The number of fused-ring (bicyclic) bond motifs is 1. The zero-order chi connectivity index (χ0) is 9.97. The average molecular weight is 210 g/mol. The van der Waals surface area contributed by atoms with Crippen molar-refractivity contribution in [1.29, 1.82) is 0 Å². The van der Waals surface area contributed by atoms with Gasteiger partial charge in [0.2, 0.25) is 5.95 Å². The number of rotatable bonds is 3. The van der Waals surface area contributed by atoms with Crippen LogP contribution in [0.1, 0.15) is 5.69 Å². The summed E-state index contributed by atoms with van der Waals surface area (Å²) < 4.78 is 3.82. The van der Waals surface area contributed by atoms with Gasteiger partial charge in [-0.05, 0) is 6.92 Å². The smallest absolute Gasteiger partial charge is 0.224 e. The van der Waals surface area contributed by atoms with Gasteiger partial charge in [-0.1, -0.05) is 4.49 Å². The zero-order valence-electron chi connectivity index (χ0n) is 7.69. The molecule has 0 atom stereocenters. The molecule has 0 saturated carbocycles. The summed E-state index contributed by atoms with van der Waals surface area (Å²) in [6, 6.07) is 0. The Morgan fingerprint density at radius 1 is 1.43 bits per heavy atom. The van der Waals surface area contributed by atoms with Crippen LogP contribution in [0, 0.1) is 6.92 Å². The van der Waals surface area contributed by atoms with Crippen LogP contribution < -0.4 is 11.1 Å². The van der Waals surface area contributed by atoms with Gasteiger partial charge in [0.15, 0.2) is 4.83 Å². The molecule has 3 N–H and O–H groups in total. The number of nitrogens with zero attached hydrogens (tertiary/aromatic N) is 4. The molecule has 74 valence electrons. The Morgan fingerprint density at radius 3 is 3.07 bits per heavy atom. The van der Waals surface area contributed by atoms with Crippen LogP contribution in [0.5, 0.6) is 0 Å². The lowest BCUT2D eigenvalue weighted by Crippen LogP contribution is -2.15. The summed E-state index contributed by atoms with van der Waals surface area (Å²) in [6.07, 6.45) is 0. The Kier molecular flexibility index (Phi) is 2.51. The van der Waals surface area contributed by atoms with Crippen molar-refractivity contribution in [1.82, 2.24) is 19.6 Å². The first-order valence-corrected chi connectivity index (χ1v) is 4.99. The number of aryl methyl sites for hydroxylation is 1. The predicted molar refractivity (Wildman–Crippen MR) is 55.3 cm³/mol. The minimum atomic E-state index is 0.557. The average Bonchev–Trinajstić information content (AvgIpc) is 2.63. The summed E-state index contributed by atoms with van der Waals surface area (Å²) in [5.74, 6) is 0.589. The highest BCUT2D eigenvalue weighted by atomic mass is 32.1. The topological polar surface area (TPSA) is 89.6 Å². The molecule has 2 aromatic rings. The van der Waals surface area contributed by atoms with Crippen molar-refractivity contribution in [2.75, 3.05) is 18.4 Å². The van der Waals surface area contributed by atoms with E-state index in [1.54, 1.807) is 0 Å². The van der Waals surface area contributed by atoms with Gasteiger partial charge in [-0.2, -0.15) is 4.98 Å². The van der Waals surface area contributed by atoms with E-state index in [2.05, 4.69) is 24.9 Å². The molecule has 2 heterocycles. The first kappa shape index (κ1) is 9.22. The van der Waals surface area contributed by atoms with Crippen LogP contribution in [0.3, 0.4) is 0 Å². The van der Waals surface area contributed by atoms with Crippen LogP contribution in [0.15, 0.2) is 0 Å². The molecular weight excluding hydrogens is 200 g/mol. The number of anilines is 1. The van der Waals surface area contributed by atoms with Crippen LogP contribution in [-0.2, 0) is 0 Å². The van der Waals surface area contributed by atoms with Gasteiger partial charge in [-0.25, -0.2) is 4.98 Å². The van der Waals surface area contributed by atoms with E-state index in [-0.39, 0.29) is 0 Å². The molecule has 0 radical (unpaired) electrons. The number of nitrogens with two attached hydrogens (primary N) is 1. The van der Waals surface area contributed by atoms with E-state index >= 15 is 0 Å². The summed E-state index contributed by atoms with van der Waals surface area (Å²) in [5.41, 5.74) is 6.97. The first-order valence-electron chi connectivity index (χ1n) is 4.22. The van der Waals surface area contributed by atoms with Gasteiger partial charge in [0.05, 0.1) is 5.69 Å². The quantitative estimate of drug-likeness (QED) is 0.750. The van der Waals surface area contributed by atoms with Crippen molar-refractivity contribution < 1.29 is 0 Å². The van der Waals surface area contributed by atoms with Gasteiger partial charge in [0, 0.05) is 24.6 Å². The fourth-order valence-electron chi connectivity index (χ4n) is 1.08. The number of nitrogens with one attached hydrogen (secondary N) is 1. The molecule has 14 heavy (non-hydrogen) atoms. The molecular formula is C7H10N6S. The third-order valence-corrected chi connectivity index (χ3v) is 2.34. The van der Waals surface area contributed by atoms with E-state index in [4.69, 9.17) is 5.73 Å². The highest BCUT2D eigenvalue weighted by molar-refractivity contribution is 7.12. The van der Waals surface area contributed by atoms with Gasteiger partial charge in [-0.3, -0.25) is 0 Å². The Labute approximate surface area is 84.7 Å². The van der Waals surface area contributed by atoms with Gasteiger partial charge in [0.1, 0.15) is 5.52 Å². The Balaban J connectivity index is 2.38. The van der Waals surface area contributed by atoms with Gasteiger partial charge >= 0.3 is 0 Å². The molecule has 0 aliphatic heterocycles. The van der Waals surface area contributed by atoms with Crippen LogP contribution >= 0.6 is 11.5 Å². The Morgan fingerprint density at radius 2 is 2.29 bits per heavy atom. The fourth-order valence-corrected chi connectivity index (χ4v) is 1.68. The molecule has 2 rings (SSSR count). The second-order valence-electron chi connectivity index (χ2n) is 2.77. The lowest BCUT2D eigenvalue weighted by atomic mass is 10.4. The van der Waals surface area contributed by atoms with Crippen molar-refractivity contribution in [2.45, 2.75) is 6.92 Å². The summed E-state index contributed by atoms with van der Waals surface area (Å²) in [4.78, 5) is 9.29. The van der Waals surface area contributed by atoms with Crippen molar-refractivity contribution in [3.05, 3.63) is 5.69 Å². The largest absolute Gasteiger partial charge is 0.353 e. The van der Waals surface area contributed by atoms with Crippen LogP contribution in [0.2, 0.25) is 0 Å². The molecule has 0 amide bonds. The summed E-state index contributed by atoms with van der Waals surface area (Å²) in [5, 5.41) is 6.95. The second kappa shape index (κ2) is 3.81. The third-order valence-electron chi connectivity index (χ3n) is 1.72. The molecule has 0 fully saturated rings. The minimum Gasteiger partial charge on any atom is -0.353 e. The SMILES string of the molecule is Cc1nc(NCCN)nc2snnc12. The lowest BCUT2D eigenvalue weighted by Gasteiger charge is -2.02. The summed E-state index contributed by atoms with van der Waals surface area (Å²) in [6.45, 7) is 3.11. The maximum absolute atomic E-state index is 5.37. The lowest BCUT2D eigenvalue weighted by molar-refractivity contribution is 0.988. The second-order valence-corrected chi connectivity index (χ2v) is 3.51. The fraction of sp³-hybridized carbons (Fsp3) is 0.429. The number of hydrogen-bond donors (Lipinski definition) is 2. The van der Waals surface area contributed by atoms with E-state index in [0.29, 0.717) is 19.0 Å². The van der Waals surface area contributed by atoms with E-state index in [9.17, 15) is 0 Å². The minimum absolute atomic E-state index is 0.557. The molecule has 0 aliphatic carbocycles. The highest BCUT2D eigenvalue weighted by Gasteiger charge is 2.06. The molecule has 6 nitrogen and oxygen atoms in total. The molecule has 0 unspecified atom stereocenters. The monoisotopic (exact) mass is 210 g/mol. The van der Waals surface area contributed by atoms with E-state index in [1.165, 1.54) is 11.5 Å². The molecule has 2 aromatic heterocycles. The summed E-state index contributed by atoms with van der Waals surface area (Å²) in [7, 11) is 0. The van der Waals surface area contributed by atoms with Crippen molar-refractivity contribution in [2.24, 2.45) is 5.73 Å². The molecule has 0 saturated heterocycles. The van der Waals surface area contributed by atoms with Crippen LogP contribution in [0.4, 0.5) is 5.95 Å². The van der Waals surface area contributed by atoms with Gasteiger partial charge in [-0.15, -0.1) is 5.10 Å². The van der Waals surface area contributed by atoms with Crippen molar-refractivity contribution in [3.63, 3.8) is 0 Å².